The van der Waals surface area contributed by atoms with E-state index in [9.17, 15) is 4.79 Å². The standard InChI is InChI=1S/C16H19N3O2/c1-11(2)18-13-8-16(20)19(17-9-13)10-14-7-12-5-3-4-6-15(12)21-14/h3-6,8-9,11,14,18H,7,10H2,1-2H3. The number of anilines is 1. The molecule has 0 saturated heterocycles. The average Bonchev–Trinajstić information content (AvgIpc) is 2.83. The average molecular weight is 285 g/mol. The zero-order valence-corrected chi connectivity index (χ0v) is 12.2. The van der Waals surface area contributed by atoms with Crippen molar-refractivity contribution in [1.82, 2.24) is 9.78 Å². The van der Waals surface area contributed by atoms with Gasteiger partial charge in [-0.2, -0.15) is 5.10 Å². The van der Waals surface area contributed by atoms with Gasteiger partial charge in [-0.05, 0) is 25.5 Å². The minimum Gasteiger partial charge on any atom is -0.488 e. The first-order chi connectivity index (χ1) is 10.1. The molecule has 1 aromatic carbocycles. The smallest absolute Gasteiger partial charge is 0.268 e. The van der Waals surface area contributed by atoms with Crippen molar-refractivity contribution in [3.8, 4) is 5.75 Å². The number of benzene rings is 1. The van der Waals surface area contributed by atoms with E-state index in [4.69, 9.17) is 4.74 Å². The number of nitrogens with one attached hydrogen (secondary N) is 1. The Morgan fingerprint density at radius 1 is 1.43 bits per heavy atom. The molecule has 0 radical (unpaired) electrons. The molecular formula is C16H19N3O2. The molecule has 5 nitrogen and oxygen atoms in total. The third kappa shape index (κ3) is 3.07. The second kappa shape index (κ2) is 5.60. The normalized spacial score (nSPS) is 16.6. The topological polar surface area (TPSA) is 56.1 Å². The fourth-order valence-electron chi connectivity index (χ4n) is 2.53. The van der Waals surface area contributed by atoms with Crippen LogP contribution < -0.4 is 15.6 Å². The van der Waals surface area contributed by atoms with Gasteiger partial charge >= 0.3 is 0 Å². The van der Waals surface area contributed by atoms with Gasteiger partial charge in [0.05, 0.1) is 18.4 Å². The van der Waals surface area contributed by atoms with Gasteiger partial charge < -0.3 is 10.1 Å². The summed E-state index contributed by atoms with van der Waals surface area (Å²) in [5, 5.41) is 7.39. The second-order valence-corrected chi connectivity index (χ2v) is 5.62. The first-order valence-electron chi connectivity index (χ1n) is 7.20. The first-order valence-corrected chi connectivity index (χ1v) is 7.20. The van der Waals surface area contributed by atoms with Gasteiger partial charge in [0.25, 0.3) is 5.56 Å². The number of hydrogen-bond acceptors (Lipinski definition) is 4. The Bertz CT molecular complexity index is 669. The van der Waals surface area contributed by atoms with Crippen molar-refractivity contribution in [2.75, 3.05) is 5.32 Å². The fraction of sp³-hybridized carbons (Fsp3) is 0.375. The molecule has 0 spiro atoms. The minimum atomic E-state index is -0.111. The van der Waals surface area contributed by atoms with Gasteiger partial charge in [-0.25, -0.2) is 4.68 Å². The van der Waals surface area contributed by atoms with E-state index in [1.54, 1.807) is 12.3 Å². The molecule has 1 N–H and O–H groups in total. The van der Waals surface area contributed by atoms with Crippen molar-refractivity contribution in [3.63, 3.8) is 0 Å². The van der Waals surface area contributed by atoms with Crippen LogP contribution in [-0.4, -0.2) is 21.9 Å². The van der Waals surface area contributed by atoms with Gasteiger partial charge in [0.2, 0.25) is 0 Å². The summed E-state index contributed by atoms with van der Waals surface area (Å²) < 4.78 is 7.31. The second-order valence-electron chi connectivity index (χ2n) is 5.62. The van der Waals surface area contributed by atoms with Crippen molar-refractivity contribution in [2.24, 2.45) is 0 Å². The molecule has 0 amide bonds. The van der Waals surface area contributed by atoms with E-state index < -0.39 is 0 Å². The van der Waals surface area contributed by atoms with Crippen molar-refractivity contribution < 1.29 is 4.74 Å². The molecule has 5 heteroatoms. The van der Waals surface area contributed by atoms with Gasteiger partial charge in [-0.1, -0.05) is 18.2 Å². The molecular weight excluding hydrogens is 266 g/mol. The number of ether oxygens (including phenoxy) is 1. The summed E-state index contributed by atoms with van der Waals surface area (Å²) in [6, 6.07) is 9.83. The maximum Gasteiger partial charge on any atom is 0.268 e. The van der Waals surface area contributed by atoms with E-state index in [2.05, 4.69) is 16.5 Å². The molecule has 21 heavy (non-hydrogen) atoms. The molecule has 1 aliphatic heterocycles. The summed E-state index contributed by atoms with van der Waals surface area (Å²) in [7, 11) is 0. The number of fused-ring (bicyclic) bond motifs is 1. The highest BCUT2D eigenvalue weighted by atomic mass is 16.5. The largest absolute Gasteiger partial charge is 0.488 e. The summed E-state index contributed by atoms with van der Waals surface area (Å²) in [6.45, 7) is 4.51. The lowest BCUT2D eigenvalue weighted by Crippen LogP contribution is -2.31. The highest BCUT2D eigenvalue weighted by molar-refractivity contribution is 5.39. The van der Waals surface area contributed by atoms with E-state index in [1.807, 2.05) is 32.0 Å². The number of hydrogen-bond donors (Lipinski definition) is 1. The van der Waals surface area contributed by atoms with Crippen LogP contribution in [-0.2, 0) is 13.0 Å². The van der Waals surface area contributed by atoms with Crippen LogP contribution in [0.1, 0.15) is 19.4 Å². The maximum atomic E-state index is 12.1. The number of rotatable bonds is 4. The molecule has 1 atom stereocenters. The maximum absolute atomic E-state index is 12.1. The van der Waals surface area contributed by atoms with Crippen molar-refractivity contribution in [3.05, 3.63) is 52.4 Å². The van der Waals surface area contributed by atoms with Gasteiger partial charge in [-0.15, -0.1) is 0 Å². The lowest BCUT2D eigenvalue weighted by Gasteiger charge is -2.13. The molecule has 1 unspecified atom stereocenters. The number of nitrogens with zero attached hydrogens (tertiary/aromatic N) is 2. The first kappa shape index (κ1) is 13.7. The molecule has 1 aromatic heterocycles. The van der Waals surface area contributed by atoms with Crippen molar-refractivity contribution in [2.45, 2.75) is 39.0 Å². The number of aromatic nitrogens is 2. The Balaban J connectivity index is 1.71. The third-order valence-electron chi connectivity index (χ3n) is 3.42. The Labute approximate surface area is 123 Å². The van der Waals surface area contributed by atoms with Crippen LogP contribution in [0.2, 0.25) is 0 Å². The van der Waals surface area contributed by atoms with E-state index in [0.29, 0.717) is 6.54 Å². The summed E-state index contributed by atoms with van der Waals surface area (Å²) in [5.74, 6) is 0.911. The van der Waals surface area contributed by atoms with E-state index in [-0.39, 0.29) is 17.7 Å². The predicted octanol–water partition coefficient (Wildman–Crippen LogP) is 2.07. The Morgan fingerprint density at radius 3 is 2.95 bits per heavy atom. The Hall–Kier alpha value is -2.30. The van der Waals surface area contributed by atoms with Crippen molar-refractivity contribution >= 4 is 5.69 Å². The van der Waals surface area contributed by atoms with Gasteiger partial charge in [0.1, 0.15) is 11.9 Å². The van der Waals surface area contributed by atoms with E-state index >= 15 is 0 Å². The summed E-state index contributed by atoms with van der Waals surface area (Å²) in [4.78, 5) is 12.1. The Kier molecular flexibility index (Phi) is 3.64. The predicted molar refractivity (Wildman–Crippen MR) is 81.8 cm³/mol. The highest BCUT2D eigenvalue weighted by Gasteiger charge is 2.23. The lowest BCUT2D eigenvalue weighted by atomic mass is 10.1. The van der Waals surface area contributed by atoms with Crippen LogP contribution in [0.3, 0.4) is 0 Å². The third-order valence-corrected chi connectivity index (χ3v) is 3.42. The molecule has 1 aliphatic rings. The van der Waals surface area contributed by atoms with Crippen LogP contribution in [0, 0.1) is 0 Å². The molecule has 0 bridgehead atoms. The summed E-state index contributed by atoms with van der Waals surface area (Å²) in [6.07, 6.45) is 2.47. The minimum absolute atomic E-state index is 0.0310. The van der Waals surface area contributed by atoms with Gasteiger partial charge in [0.15, 0.2) is 0 Å². The van der Waals surface area contributed by atoms with Gasteiger partial charge in [0, 0.05) is 18.5 Å². The summed E-state index contributed by atoms with van der Waals surface area (Å²) >= 11 is 0. The highest BCUT2D eigenvalue weighted by Crippen LogP contribution is 2.28. The molecule has 0 saturated carbocycles. The van der Waals surface area contributed by atoms with Crippen LogP contribution in [0.25, 0.3) is 0 Å². The Morgan fingerprint density at radius 2 is 2.24 bits per heavy atom. The molecule has 2 heterocycles. The molecule has 0 aliphatic carbocycles. The van der Waals surface area contributed by atoms with E-state index in [1.165, 1.54) is 10.2 Å². The van der Waals surface area contributed by atoms with Crippen molar-refractivity contribution in [1.29, 1.82) is 0 Å². The molecule has 110 valence electrons. The fourth-order valence-corrected chi connectivity index (χ4v) is 2.53. The number of para-hydroxylation sites is 1. The van der Waals surface area contributed by atoms with Crippen LogP contribution in [0.15, 0.2) is 41.3 Å². The zero-order chi connectivity index (χ0) is 14.8. The molecule has 0 fully saturated rings. The zero-order valence-electron chi connectivity index (χ0n) is 12.2. The van der Waals surface area contributed by atoms with Crippen LogP contribution in [0.4, 0.5) is 5.69 Å². The van der Waals surface area contributed by atoms with Crippen LogP contribution >= 0.6 is 0 Å². The summed E-state index contributed by atoms with van der Waals surface area (Å²) in [5.41, 5.74) is 1.83. The SMILES string of the molecule is CC(C)Nc1cnn(CC2Cc3ccccc3O2)c(=O)c1. The van der Waals surface area contributed by atoms with Gasteiger partial charge in [-0.3, -0.25) is 4.79 Å². The molecule has 3 rings (SSSR count). The lowest BCUT2D eigenvalue weighted by molar-refractivity contribution is 0.200. The molecule has 2 aromatic rings. The van der Waals surface area contributed by atoms with Crippen LogP contribution in [0.5, 0.6) is 5.75 Å². The monoisotopic (exact) mass is 285 g/mol. The quantitative estimate of drug-likeness (QED) is 0.934. The van der Waals surface area contributed by atoms with E-state index in [0.717, 1.165) is 17.9 Å².